The molecule has 0 bridgehead atoms. The highest BCUT2D eigenvalue weighted by atomic mass is 16.2. The lowest BCUT2D eigenvalue weighted by molar-refractivity contribution is -0.122. The van der Waals surface area contributed by atoms with Crippen molar-refractivity contribution in [3.8, 4) is 0 Å². The second kappa shape index (κ2) is 8.99. The quantitative estimate of drug-likeness (QED) is 0.585. The molecule has 0 atom stereocenters. The van der Waals surface area contributed by atoms with Crippen LogP contribution in [0, 0.1) is 5.92 Å². The fraction of sp³-hybridized carbons (Fsp3) is 0.286. The average molecular weight is 425 g/mol. The van der Waals surface area contributed by atoms with Gasteiger partial charge in [-0.15, -0.1) is 0 Å². The van der Waals surface area contributed by atoms with Gasteiger partial charge in [0.2, 0.25) is 11.8 Å². The maximum atomic E-state index is 13.4. The molecule has 32 heavy (non-hydrogen) atoms. The van der Waals surface area contributed by atoms with Gasteiger partial charge in [0, 0.05) is 23.8 Å². The zero-order chi connectivity index (χ0) is 21.9. The highest BCUT2D eigenvalue weighted by Crippen LogP contribution is 2.35. The first-order chi connectivity index (χ1) is 15.7. The van der Waals surface area contributed by atoms with E-state index in [0.29, 0.717) is 0 Å². The Morgan fingerprint density at radius 3 is 2.09 bits per heavy atom. The molecule has 2 aliphatic rings. The Balaban J connectivity index is 1.40. The topological polar surface area (TPSA) is 49.4 Å². The Bertz CT molecular complexity index is 1070. The van der Waals surface area contributed by atoms with E-state index in [1.807, 2.05) is 83.8 Å². The van der Waals surface area contributed by atoms with E-state index in [0.717, 1.165) is 61.2 Å². The Morgan fingerprint density at radius 2 is 1.47 bits per heavy atom. The standard InChI is InChI=1S/C28H28N2O2/c31-27(26(21-9-3-1-4-10-21)22-11-5-2-6-12-22)29-24-16-15-20-17-18-30(25(20)19-24)28(32)23-13-7-8-14-23/h1-6,9-12,15-16,19,23,26H,7-8,13-14,17-18H2,(H,29,31). The molecular weight excluding hydrogens is 396 g/mol. The molecule has 4 nitrogen and oxygen atoms in total. The van der Waals surface area contributed by atoms with Gasteiger partial charge in [-0.2, -0.15) is 0 Å². The van der Waals surface area contributed by atoms with Crippen LogP contribution in [0.1, 0.15) is 48.3 Å². The van der Waals surface area contributed by atoms with Crippen LogP contribution in [0.25, 0.3) is 0 Å². The van der Waals surface area contributed by atoms with Crippen LogP contribution in [0.3, 0.4) is 0 Å². The number of hydrogen-bond acceptors (Lipinski definition) is 2. The number of nitrogens with zero attached hydrogens (tertiary/aromatic N) is 1. The highest BCUT2D eigenvalue weighted by Gasteiger charge is 2.32. The number of carbonyl (C=O) groups is 2. The zero-order valence-electron chi connectivity index (χ0n) is 18.2. The van der Waals surface area contributed by atoms with Crippen LogP contribution in [0.4, 0.5) is 11.4 Å². The summed E-state index contributed by atoms with van der Waals surface area (Å²) >= 11 is 0. The smallest absolute Gasteiger partial charge is 0.236 e. The molecule has 2 amide bonds. The van der Waals surface area contributed by atoms with Gasteiger partial charge in [0.1, 0.15) is 0 Å². The molecule has 0 radical (unpaired) electrons. The number of fused-ring (bicyclic) bond motifs is 1. The maximum Gasteiger partial charge on any atom is 0.236 e. The van der Waals surface area contributed by atoms with Gasteiger partial charge in [-0.05, 0) is 48.1 Å². The lowest BCUT2D eigenvalue weighted by Crippen LogP contribution is -2.33. The summed E-state index contributed by atoms with van der Waals surface area (Å²) in [7, 11) is 0. The minimum absolute atomic E-state index is 0.0750. The van der Waals surface area contributed by atoms with Crippen molar-refractivity contribution in [3.05, 3.63) is 95.6 Å². The van der Waals surface area contributed by atoms with Crippen LogP contribution in [-0.4, -0.2) is 18.4 Å². The van der Waals surface area contributed by atoms with Gasteiger partial charge >= 0.3 is 0 Å². The molecule has 3 aromatic rings. The summed E-state index contributed by atoms with van der Waals surface area (Å²) in [4.78, 5) is 28.4. The molecule has 5 rings (SSSR count). The second-order valence-corrected chi connectivity index (χ2v) is 8.81. The molecule has 1 heterocycles. The predicted molar refractivity (Wildman–Crippen MR) is 128 cm³/mol. The third-order valence-electron chi connectivity index (χ3n) is 6.75. The highest BCUT2D eigenvalue weighted by molar-refractivity contribution is 6.01. The van der Waals surface area contributed by atoms with Crippen LogP contribution in [0.15, 0.2) is 78.9 Å². The minimum Gasteiger partial charge on any atom is -0.325 e. The van der Waals surface area contributed by atoms with Crippen molar-refractivity contribution in [2.75, 3.05) is 16.8 Å². The van der Waals surface area contributed by atoms with Gasteiger partial charge < -0.3 is 10.2 Å². The van der Waals surface area contributed by atoms with E-state index < -0.39 is 5.92 Å². The van der Waals surface area contributed by atoms with Crippen molar-refractivity contribution in [1.29, 1.82) is 0 Å². The predicted octanol–water partition coefficient (Wildman–Crippen LogP) is 5.54. The Kier molecular flexibility index (Phi) is 5.76. The third-order valence-corrected chi connectivity index (χ3v) is 6.75. The van der Waals surface area contributed by atoms with Gasteiger partial charge in [0.05, 0.1) is 5.92 Å². The summed E-state index contributed by atoms with van der Waals surface area (Å²) in [6.45, 7) is 0.735. The number of anilines is 2. The Morgan fingerprint density at radius 1 is 0.844 bits per heavy atom. The summed E-state index contributed by atoms with van der Waals surface area (Å²) < 4.78 is 0. The van der Waals surface area contributed by atoms with E-state index in [9.17, 15) is 9.59 Å². The average Bonchev–Trinajstić information content (AvgIpc) is 3.51. The number of hydrogen-bond donors (Lipinski definition) is 1. The van der Waals surface area contributed by atoms with E-state index >= 15 is 0 Å². The van der Waals surface area contributed by atoms with Crippen molar-refractivity contribution in [3.63, 3.8) is 0 Å². The van der Waals surface area contributed by atoms with Crippen molar-refractivity contribution >= 4 is 23.2 Å². The second-order valence-electron chi connectivity index (χ2n) is 8.81. The molecular formula is C28H28N2O2. The summed E-state index contributed by atoms with van der Waals surface area (Å²) in [5, 5.41) is 3.12. The van der Waals surface area contributed by atoms with Gasteiger partial charge in [0.25, 0.3) is 0 Å². The summed E-state index contributed by atoms with van der Waals surface area (Å²) in [5.41, 5.74) is 4.77. The van der Waals surface area contributed by atoms with Crippen molar-refractivity contribution < 1.29 is 9.59 Å². The van der Waals surface area contributed by atoms with Crippen molar-refractivity contribution in [2.24, 2.45) is 5.92 Å². The van der Waals surface area contributed by atoms with E-state index in [4.69, 9.17) is 0 Å². The molecule has 0 aromatic heterocycles. The SMILES string of the molecule is O=C(Nc1ccc2c(c1)N(C(=O)C1CCCC1)CC2)C(c1ccccc1)c1ccccc1. The number of amides is 2. The number of rotatable bonds is 5. The number of nitrogens with one attached hydrogen (secondary N) is 1. The molecule has 3 aromatic carbocycles. The first-order valence-corrected chi connectivity index (χ1v) is 11.6. The zero-order valence-corrected chi connectivity index (χ0v) is 18.2. The van der Waals surface area contributed by atoms with Crippen LogP contribution in [0.5, 0.6) is 0 Å². The molecule has 4 heteroatoms. The van der Waals surface area contributed by atoms with Gasteiger partial charge in [-0.25, -0.2) is 0 Å². The third kappa shape index (κ3) is 4.05. The fourth-order valence-corrected chi connectivity index (χ4v) is 5.08. The van der Waals surface area contributed by atoms with Crippen LogP contribution < -0.4 is 10.2 Å². The Labute approximate surface area is 189 Å². The number of carbonyl (C=O) groups excluding carboxylic acids is 2. The monoisotopic (exact) mass is 424 g/mol. The van der Waals surface area contributed by atoms with Crippen molar-refractivity contribution in [2.45, 2.75) is 38.0 Å². The first-order valence-electron chi connectivity index (χ1n) is 11.6. The molecule has 0 spiro atoms. The normalized spacial score (nSPS) is 15.7. The molecule has 1 fully saturated rings. The van der Waals surface area contributed by atoms with Crippen LogP contribution in [0.2, 0.25) is 0 Å². The summed E-state index contributed by atoms with van der Waals surface area (Å²) in [5.74, 6) is -0.0770. The molecule has 0 unspecified atom stereocenters. The molecule has 162 valence electrons. The summed E-state index contributed by atoms with van der Waals surface area (Å²) in [6, 6.07) is 25.7. The van der Waals surface area contributed by atoms with E-state index in [2.05, 4.69) is 5.32 Å². The lowest BCUT2D eigenvalue weighted by atomic mass is 9.90. The van der Waals surface area contributed by atoms with Gasteiger partial charge in [-0.3, -0.25) is 9.59 Å². The molecule has 0 saturated heterocycles. The minimum atomic E-state index is -0.401. The van der Waals surface area contributed by atoms with E-state index in [1.54, 1.807) is 0 Å². The molecule has 1 aliphatic heterocycles. The van der Waals surface area contributed by atoms with Gasteiger partial charge in [-0.1, -0.05) is 79.6 Å². The van der Waals surface area contributed by atoms with Crippen molar-refractivity contribution in [1.82, 2.24) is 0 Å². The molecule has 1 aliphatic carbocycles. The van der Waals surface area contributed by atoms with Crippen LogP contribution in [-0.2, 0) is 16.0 Å². The van der Waals surface area contributed by atoms with Gasteiger partial charge in [0.15, 0.2) is 0 Å². The summed E-state index contributed by atoms with van der Waals surface area (Å²) in [6.07, 6.45) is 5.16. The molecule has 1 N–H and O–H groups in total. The van der Waals surface area contributed by atoms with E-state index in [-0.39, 0.29) is 17.7 Å². The maximum absolute atomic E-state index is 13.4. The lowest BCUT2D eigenvalue weighted by Gasteiger charge is -2.22. The van der Waals surface area contributed by atoms with E-state index in [1.165, 1.54) is 5.56 Å². The number of benzene rings is 3. The van der Waals surface area contributed by atoms with Crippen LogP contribution >= 0.6 is 0 Å². The molecule has 1 saturated carbocycles. The first kappa shape index (κ1) is 20.5. The fourth-order valence-electron chi connectivity index (χ4n) is 5.08. The largest absolute Gasteiger partial charge is 0.325 e. The Hall–Kier alpha value is -3.40.